The molecule has 29 heavy (non-hydrogen) atoms. The van der Waals surface area contributed by atoms with E-state index in [4.69, 9.17) is 11.5 Å². The van der Waals surface area contributed by atoms with Crippen molar-refractivity contribution in [2.75, 3.05) is 16.8 Å². The van der Waals surface area contributed by atoms with Gasteiger partial charge in [0.15, 0.2) is 5.16 Å². The maximum atomic E-state index is 12.9. The van der Waals surface area contributed by atoms with Gasteiger partial charge in [0, 0.05) is 5.69 Å². The number of amides is 1. The SMILES string of the molecule is Nc1nc(N)nc(S[C@H](C(=O)Nc2cccc(C(F)(F)F)c2)c2ccccc2)n1. The van der Waals surface area contributed by atoms with E-state index in [1.54, 1.807) is 30.3 Å². The van der Waals surface area contributed by atoms with Crippen LogP contribution < -0.4 is 16.8 Å². The molecule has 0 aliphatic carbocycles. The predicted molar refractivity (Wildman–Crippen MR) is 104 cm³/mol. The summed E-state index contributed by atoms with van der Waals surface area (Å²) in [7, 11) is 0. The highest BCUT2D eigenvalue weighted by atomic mass is 32.2. The maximum absolute atomic E-state index is 12.9. The van der Waals surface area contributed by atoms with Gasteiger partial charge in [0.2, 0.25) is 17.8 Å². The van der Waals surface area contributed by atoms with Gasteiger partial charge in [-0.2, -0.15) is 28.1 Å². The van der Waals surface area contributed by atoms with E-state index in [1.807, 2.05) is 0 Å². The number of thioether (sulfide) groups is 1. The van der Waals surface area contributed by atoms with Crippen molar-refractivity contribution in [1.29, 1.82) is 0 Å². The first-order valence-corrected chi connectivity index (χ1v) is 9.07. The molecule has 1 aromatic heterocycles. The molecule has 0 saturated heterocycles. The van der Waals surface area contributed by atoms with Gasteiger partial charge in [0.1, 0.15) is 5.25 Å². The zero-order chi connectivity index (χ0) is 21.0. The molecule has 1 atom stereocenters. The van der Waals surface area contributed by atoms with Crippen LogP contribution in [0.4, 0.5) is 30.8 Å². The molecule has 0 unspecified atom stereocenters. The van der Waals surface area contributed by atoms with Crippen molar-refractivity contribution >= 4 is 35.3 Å². The smallest absolute Gasteiger partial charge is 0.368 e. The van der Waals surface area contributed by atoms with Crippen molar-refractivity contribution in [3.8, 4) is 0 Å². The van der Waals surface area contributed by atoms with Crippen molar-refractivity contribution < 1.29 is 18.0 Å². The summed E-state index contributed by atoms with van der Waals surface area (Å²) in [5.74, 6) is -0.770. The number of carbonyl (C=O) groups is 1. The lowest BCUT2D eigenvalue weighted by atomic mass is 10.1. The number of hydrogen-bond donors (Lipinski definition) is 3. The number of rotatable bonds is 5. The van der Waals surface area contributed by atoms with Crippen molar-refractivity contribution in [2.45, 2.75) is 16.6 Å². The third-order valence-electron chi connectivity index (χ3n) is 3.67. The summed E-state index contributed by atoms with van der Waals surface area (Å²) < 4.78 is 38.8. The molecule has 1 amide bonds. The summed E-state index contributed by atoms with van der Waals surface area (Å²) in [6, 6.07) is 13.0. The van der Waals surface area contributed by atoms with Crippen LogP contribution in [0.25, 0.3) is 0 Å². The summed E-state index contributed by atoms with van der Waals surface area (Å²) in [5, 5.41) is 1.75. The minimum atomic E-state index is -4.52. The first kappa shape index (κ1) is 20.4. The second-order valence-corrected chi connectivity index (χ2v) is 6.88. The molecular formula is C18H15F3N6OS. The highest BCUT2D eigenvalue weighted by molar-refractivity contribution is 8.00. The molecular weight excluding hydrogens is 405 g/mol. The summed E-state index contributed by atoms with van der Waals surface area (Å²) in [5.41, 5.74) is 10.9. The number of anilines is 3. The van der Waals surface area contributed by atoms with Crippen LogP contribution in [0.2, 0.25) is 0 Å². The zero-order valence-corrected chi connectivity index (χ0v) is 15.5. The molecule has 0 radical (unpaired) electrons. The fourth-order valence-corrected chi connectivity index (χ4v) is 3.39. The third kappa shape index (κ3) is 5.35. The maximum Gasteiger partial charge on any atom is 0.416 e. The number of nitrogens with one attached hydrogen (secondary N) is 1. The van der Waals surface area contributed by atoms with E-state index >= 15 is 0 Å². The van der Waals surface area contributed by atoms with Crippen LogP contribution in [-0.4, -0.2) is 20.9 Å². The normalized spacial score (nSPS) is 12.4. The molecule has 0 saturated carbocycles. The van der Waals surface area contributed by atoms with E-state index in [9.17, 15) is 18.0 Å². The van der Waals surface area contributed by atoms with Crippen molar-refractivity contribution in [3.63, 3.8) is 0 Å². The lowest BCUT2D eigenvalue weighted by Gasteiger charge is -2.17. The number of hydrogen-bond acceptors (Lipinski definition) is 7. The van der Waals surface area contributed by atoms with Crippen molar-refractivity contribution in [2.24, 2.45) is 0 Å². The molecule has 150 valence electrons. The molecule has 7 nitrogen and oxygen atoms in total. The molecule has 1 heterocycles. The van der Waals surface area contributed by atoms with Crippen LogP contribution in [0, 0.1) is 0 Å². The average molecular weight is 420 g/mol. The van der Waals surface area contributed by atoms with Crippen LogP contribution in [0.5, 0.6) is 0 Å². The quantitative estimate of drug-likeness (QED) is 0.540. The Balaban J connectivity index is 1.89. The molecule has 0 aliphatic heterocycles. The number of nitrogen functional groups attached to an aromatic ring is 2. The van der Waals surface area contributed by atoms with Gasteiger partial charge in [-0.05, 0) is 23.8 Å². The van der Waals surface area contributed by atoms with Crippen molar-refractivity contribution in [1.82, 2.24) is 15.0 Å². The highest BCUT2D eigenvalue weighted by Crippen LogP contribution is 2.35. The Kier molecular flexibility index (Phi) is 5.87. The van der Waals surface area contributed by atoms with Gasteiger partial charge in [0.05, 0.1) is 5.56 Å². The van der Waals surface area contributed by atoms with Crippen LogP contribution in [0.15, 0.2) is 59.8 Å². The number of carbonyl (C=O) groups excluding carboxylic acids is 1. The average Bonchev–Trinajstić information content (AvgIpc) is 2.65. The molecule has 2 aromatic carbocycles. The fraction of sp³-hybridized carbons (Fsp3) is 0.111. The van der Waals surface area contributed by atoms with Crippen LogP contribution >= 0.6 is 11.8 Å². The van der Waals surface area contributed by atoms with Crippen LogP contribution in [-0.2, 0) is 11.0 Å². The number of halogens is 3. The summed E-state index contributed by atoms with van der Waals surface area (Å²) in [6.45, 7) is 0. The molecule has 0 spiro atoms. The van der Waals surface area contributed by atoms with Gasteiger partial charge >= 0.3 is 6.18 Å². The van der Waals surface area contributed by atoms with Gasteiger partial charge in [-0.3, -0.25) is 4.79 Å². The second-order valence-electron chi connectivity index (χ2n) is 5.81. The van der Waals surface area contributed by atoms with E-state index in [-0.39, 0.29) is 22.7 Å². The zero-order valence-electron chi connectivity index (χ0n) is 14.7. The summed E-state index contributed by atoms with van der Waals surface area (Å²) in [4.78, 5) is 24.5. The lowest BCUT2D eigenvalue weighted by Crippen LogP contribution is -2.20. The lowest BCUT2D eigenvalue weighted by molar-refractivity contribution is -0.137. The Bertz CT molecular complexity index is 996. The Labute approximate surface area is 167 Å². The molecule has 3 aromatic rings. The largest absolute Gasteiger partial charge is 0.416 e. The Hall–Kier alpha value is -3.34. The van der Waals surface area contributed by atoms with Gasteiger partial charge in [0.25, 0.3) is 0 Å². The minimum Gasteiger partial charge on any atom is -0.368 e. The van der Waals surface area contributed by atoms with Crippen molar-refractivity contribution in [3.05, 3.63) is 65.7 Å². The first-order chi connectivity index (χ1) is 13.7. The molecule has 3 rings (SSSR count). The molecule has 0 fully saturated rings. The second kappa shape index (κ2) is 8.35. The van der Waals surface area contributed by atoms with Gasteiger partial charge in [-0.1, -0.05) is 48.2 Å². The van der Waals surface area contributed by atoms with E-state index in [1.165, 1.54) is 12.1 Å². The minimum absolute atomic E-state index is 0.0148. The Morgan fingerprint density at radius 1 is 0.966 bits per heavy atom. The van der Waals surface area contributed by atoms with Crippen LogP contribution in [0.3, 0.4) is 0 Å². The molecule has 5 N–H and O–H groups in total. The first-order valence-electron chi connectivity index (χ1n) is 8.19. The van der Waals surface area contributed by atoms with Gasteiger partial charge < -0.3 is 16.8 Å². The fourth-order valence-electron chi connectivity index (χ4n) is 2.43. The third-order valence-corrected chi connectivity index (χ3v) is 4.79. The number of benzene rings is 2. The number of nitrogens with zero attached hydrogens (tertiary/aromatic N) is 3. The Morgan fingerprint density at radius 2 is 1.62 bits per heavy atom. The standard InChI is InChI=1S/C18H15F3N6OS/c19-18(20,21)11-7-4-8-12(9-11)24-14(28)13(10-5-2-1-3-6-10)29-17-26-15(22)25-16(23)27-17/h1-9,13H,(H,24,28)(H4,22,23,25,26,27)/t13-/m0/s1. The van der Waals surface area contributed by atoms with Gasteiger partial charge in [-0.15, -0.1) is 0 Å². The Morgan fingerprint density at radius 3 is 2.24 bits per heavy atom. The predicted octanol–water partition coefficient (Wildman–Crippen LogP) is 3.53. The molecule has 0 bridgehead atoms. The molecule has 11 heteroatoms. The molecule has 0 aliphatic rings. The summed E-state index contributed by atoms with van der Waals surface area (Å²) in [6.07, 6.45) is -4.52. The van der Waals surface area contributed by atoms with Crippen LogP contribution in [0.1, 0.15) is 16.4 Å². The van der Waals surface area contributed by atoms with E-state index in [0.717, 1.165) is 23.9 Å². The van der Waals surface area contributed by atoms with E-state index in [0.29, 0.717) is 5.56 Å². The van der Waals surface area contributed by atoms with E-state index < -0.39 is 22.9 Å². The number of nitrogens with two attached hydrogens (primary N) is 2. The number of aromatic nitrogens is 3. The number of alkyl halides is 3. The summed E-state index contributed by atoms with van der Waals surface area (Å²) >= 11 is 0.951. The van der Waals surface area contributed by atoms with Gasteiger partial charge in [-0.25, -0.2) is 0 Å². The van der Waals surface area contributed by atoms with E-state index in [2.05, 4.69) is 20.3 Å². The topological polar surface area (TPSA) is 120 Å². The highest BCUT2D eigenvalue weighted by Gasteiger charge is 2.31. The monoisotopic (exact) mass is 420 g/mol.